The summed E-state index contributed by atoms with van der Waals surface area (Å²) < 4.78 is 19.5. The van der Waals surface area contributed by atoms with Crippen molar-refractivity contribution in [1.29, 1.82) is 0 Å². The van der Waals surface area contributed by atoms with Crippen LogP contribution < -0.4 is 15.5 Å². The lowest BCUT2D eigenvalue weighted by atomic mass is 9.49. The summed E-state index contributed by atoms with van der Waals surface area (Å²) >= 11 is 0. The van der Waals surface area contributed by atoms with Crippen molar-refractivity contribution in [3.8, 4) is 11.5 Å². The summed E-state index contributed by atoms with van der Waals surface area (Å²) in [6, 6.07) is 12.5. The first-order valence-electron chi connectivity index (χ1n) is 6.35. The van der Waals surface area contributed by atoms with Crippen molar-refractivity contribution in [2.24, 2.45) is 0 Å². The van der Waals surface area contributed by atoms with Crippen LogP contribution in [-0.2, 0) is 0 Å². The van der Waals surface area contributed by atoms with Crippen molar-refractivity contribution in [2.45, 2.75) is 13.6 Å². The minimum atomic E-state index is -0.225. The van der Waals surface area contributed by atoms with E-state index in [9.17, 15) is 4.39 Å². The molecule has 0 atom stereocenters. The van der Waals surface area contributed by atoms with Crippen LogP contribution in [0.2, 0.25) is 13.6 Å². The van der Waals surface area contributed by atoms with Gasteiger partial charge in [-0.3, -0.25) is 0 Å². The molecule has 0 bridgehead atoms. The van der Waals surface area contributed by atoms with Gasteiger partial charge in [-0.25, -0.2) is 4.39 Å². The largest absolute Gasteiger partial charge is 0.457 e. The highest BCUT2D eigenvalue weighted by Gasteiger charge is 2.10. The SMILES string of the molecule is CNc1cccc(Oc2ccc(B(C)C)c(F)c2)c1. The van der Waals surface area contributed by atoms with Crippen molar-refractivity contribution in [3.05, 3.63) is 48.3 Å². The predicted molar refractivity (Wildman–Crippen MR) is 79.6 cm³/mol. The van der Waals surface area contributed by atoms with Crippen LogP contribution in [0, 0.1) is 5.82 Å². The fourth-order valence-corrected chi connectivity index (χ4v) is 1.89. The molecule has 0 aliphatic carbocycles. The Morgan fingerprint density at radius 2 is 1.79 bits per heavy atom. The molecule has 0 aliphatic heterocycles. The number of rotatable bonds is 4. The van der Waals surface area contributed by atoms with Gasteiger partial charge in [0.05, 0.1) is 0 Å². The summed E-state index contributed by atoms with van der Waals surface area (Å²) in [7, 11) is 1.84. The topological polar surface area (TPSA) is 21.3 Å². The molecule has 19 heavy (non-hydrogen) atoms. The highest BCUT2D eigenvalue weighted by molar-refractivity contribution is 6.70. The summed E-state index contributed by atoms with van der Waals surface area (Å²) in [5.74, 6) is 0.968. The van der Waals surface area contributed by atoms with E-state index >= 15 is 0 Å². The molecule has 1 N–H and O–H groups in total. The van der Waals surface area contributed by atoms with Gasteiger partial charge in [0.2, 0.25) is 0 Å². The molecule has 2 aromatic rings. The molecular weight excluding hydrogens is 240 g/mol. The third kappa shape index (κ3) is 3.28. The lowest BCUT2D eigenvalue weighted by Crippen LogP contribution is -2.25. The Kier molecular flexibility index (Phi) is 4.10. The van der Waals surface area contributed by atoms with E-state index in [1.165, 1.54) is 6.07 Å². The molecule has 0 amide bonds. The fraction of sp³-hybridized carbons (Fsp3) is 0.200. The molecule has 2 rings (SSSR count). The summed E-state index contributed by atoms with van der Waals surface area (Å²) in [5.41, 5.74) is 1.66. The molecule has 0 unspecified atom stereocenters. The van der Waals surface area contributed by atoms with Gasteiger partial charge in [-0.05, 0) is 23.7 Å². The van der Waals surface area contributed by atoms with Crippen LogP contribution in [0.25, 0.3) is 0 Å². The van der Waals surface area contributed by atoms with Crippen LogP contribution in [0.4, 0.5) is 10.1 Å². The first-order chi connectivity index (χ1) is 9.10. The van der Waals surface area contributed by atoms with Crippen molar-refractivity contribution in [3.63, 3.8) is 0 Å². The Balaban J connectivity index is 2.21. The Labute approximate surface area is 113 Å². The molecule has 0 fully saturated rings. The molecule has 0 heterocycles. The van der Waals surface area contributed by atoms with Gasteiger partial charge < -0.3 is 10.1 Å². The molecule has 0 radical (unpaired) electrons. The molecule has 4 heteroatoms. The number of hydrogen-bond donors (Lipinski definition) is 1. The summed E-state index contributed by atoms with van der Waals surface area (Å²) in [4.78, 5) is 0. The van der Waals surface area contributed by atoms with Gasteiger partial charge in [0.1, 0.15) is 17.3 Å². The van der Waals surface area contributed by atoms with Crippen LogP contribution >= 0.6 is 0 Å². The number of anilines is 1. The Hall–Kier alpha value is -1.97. The quantitative estimate of drug-likeness (QED) is 0.844. The van der Waals surface area contributed by atoms with Gasteiger partial charge in [0.25, 0.3) is 0 Å². The number of halogens is 1. The van der Waals surface area contributed by atoms with E-state index in [0.717, 1.165) is 5.69 Å². The maximum Gasteiger partial charge on any atom is 0.173 e. The minimum absolute atomic E-state index is 0.168. The summed E-state index contributed by atoms with van der Waals surface area (Å²) in [6.45, 7) is 4.10. The fourth-order valence-electron chi connectivity index (χ4n) is 1.89. The van der Waals surface area contributed by atoms with E-state index < -0.39 is 0 Å². The molecule has 0 saturated carbocycles. The second kappa shape index (κ2) is 5.78. The van der Waals surface area contributed by atoms with Gasteiger partial charge in [0, 0.05) is 24.9 Å². The highest BCUT2D eigenvalue weighted by atomic mass is 19.1. The van der Waals surface area contributed by atoms with Crippen LogP contribution in [0.15, 0.2) is 42.5 Å². The van der Waals surface area contributed by atoms with Crippen LogP contribution in [0.3, 0.4) is 0 Å². The van der Waals surface area contributed by atoms with Crippen molar-refractivity contribution in [2.75, 3.05) is 12.4 Å². The van der Waals surface area contributed by atoms with E-state index in [4.69, 9.17) is 4.74 Å². The normalized spacial score (nSPS) is 10.1. The highest BCUT2D eigenvalue weighted by Crippen LogP contribution is 2.24. The molecule has 0 aromatic heterocycles. The Bertz CT molecular complexity index is 572. The van der Waals surface area contributed by atoms with Gasteiger partial charge in [-0.2, -0.15) is 0 Å². The predicted octanol–water partition coefficient (Wildman–Crippen LogP) is 3.62. The molecule has 98 valence electrons. The first kappa shape index (κ1) is 13.5. The third-order valence-electron chi connectivity index (χ3n) is 2.95. The van der Waals surface area contributed by atoms with Crippen LogP contribution in [0.5, 0.6) is 11.5 Å². The first-order valence-corrected chi connectivity index (χ1v) is 6.35. The summed E-state index contributed by atoms with van der Waals surface area (Å²) in [6.07, 6.45) is 0. The zero-order valence-corrected chi connectivity index (χ0v) is 11.4. The maximum atomic E-state index is 13.9. The van der Waals surface area contributed by atoms with Gasteiger partial charge in [-0.15, -0.1) is 0 Å². The van der Waals surface area contributed by atoms with Gasteiger partial charge in [-0.1, -0.05) is 25.8 Å². The second-order valence-electron chi connectivity index (χ2n) is 4.72. The number of hydrogen-bond acceptors (Lipinski definition) is 2. The van der Waals surface area contributed by atoms with Crippen molar-refractivity contribution >= 4 is 17.9 Å². The van der Waals surface area contributed by atoms with E-state index in [2.05, 4.69) is 5.32 Å². The Morgan fingerprint density at radius 3 is 2.42 bits per heavy atom. The molecule has 2 nitrogen and oxygen atoms in total. The van der Waals surface area contributed by atoms with Crippen LogP contribution in [0.1, 0.15) is 0 Å². The number of ether oxygens (including phenoxy) is 1. The standard InChI is InChI=1S/C15H17BFNO/c1-16(2)14-8-7-13(10-15(14)17)19-12-6-4-5-11(9-12)18-3/h4-10,18H,1-3H3. The zero-order valence-electron chi connectivity index (χ0n) is 11.4. The second-order valence-corrected chi connectivity index (χ2v) is 4.72. The average molecular weight is 257 g/mol. The lowest BCUT2D eigenvalue weighted by molar-refractivity contribution is 0.477. The molecule has 0 saturated heterocycles. The monoisotopic (exact) mass is 257 g/mol. The van der Waals surface area contributed by atoms with E-state index in [1.54, 1.807) is 12.1 Å². The van der Waals surface area contributed by atoms with E-state index in [-0.39, 0.29) is 12.5 Å². The molecular formula is C15H17BFNO. The van der Waals surface area contributed by atoms with Gasteiger partial charge >= 0.3 is 0 Å². The molecule has 0 aliphatic rings. The molecule has 0 spiro atoms. The lowest BCUT2D eigenvalue weighted by Gasteiger charge is -2.10. The smallest absolute Gasteiger partial charge is 0.173 e. The number of benzene rings is 2. The average Bonchev–Trinajstić information content (AvgIpc) is 2.38. The number of nitrogens with one attached hydrogen (secondary N) is 1. The van der Waals surface area contributed by atoms with Gasteiger partial charge in [0.15, 0.2) is 6.71 Å². The third-order valence-corrected chi connectivity index (χ3v) is 2.95. The van der Waals surface area contributed by atoms with Crippen molar-refractivity contribution in [1.82, 2.24) is 0 Å². The van der Waals surface area contributed by atoms with Crippen molar-refractivity contribution < 1.29 is 9.13 Å². The molecule has 2 aromatic carbocycles. The zero-order chi connectivity index (χ0) is 13.8. The van der Waals surface area contributed by atoms with E-state index in [1.807, 2.05) is 45.0 Å². The maximum absolute atomic E-state index is 13.9. The van der Waals surface area contributed by atoms with Crippen LogP contribution in [-0.4, -0.2) is 13.8 Å². The van der Waals surface area contributed by atoms with E-state index in [0.29, 0.717) is 17.0 Å². The summed E-state index contributed by atoms with van der Waals surface area (Å²) in [5, 5.41) is 3.03. The minimum Gasteiger partial charge on any atom is -0.457 e. The Morgan fingerprint density at radius 1 is 1.05 bits per heavy atom.